The van der Waals surface area contributed by atoms with Crippen molar-refractivity contribution >= 4 is 23.2 Å². The van der Waals surface area contributed by atoms with Gasteiger partial charge in [0.25, 0.3) is 5.91 Å². The highest BCUT2D eigenvalue weighted by Gasteiger charge is 2.63. The van der Waals surface area contributed by atoms with E-state index in [0.717, 1.165) is 25.7 Å². The number of aromatic hydroxyl groups is 1. The van der Waals surface area contributed by atoms with Crippen molar-refractivity contribution < 1.29 is 34.8 Å². The number of hydrogen-bond acceptors (Lipinski definition) is 9. The first kappa shape index (κ1) is 27.7. The Kier molecular flexibility index (Phi) is 6.71. The Morgan fingerprint density at radius 2 is 1.75 bits per heavy atom. The van der Waals surface area contributed by atoms with Gasteiger partial charge >= 0.3 is 0 Å². The summed E-state index contributed by atoms with van der Waals surface area (Å²) in [5.74, 6) is -0.185. The summed E-state index contributed by atoms with van der Waals surface area (Å²) in [5, 5.41) is 45.4. The van der Waals surface area contributed by atoms with Gasteiger partial charge in [-0.1, -0.05) is 24.7 Å². The van der Waals surface area contributed by atoms with Gasteiger partial charge in [-0.25, -0.2) is 0 Å². The Morgan fingerprint density at radius 3 is 2.33 bits per heavy atom. The molecule has 0 aliphatic heterocycles. The molecule has 1 aromatic rings. The van der Waals surface area contributed by atoms with Gasteiger partial charge < -0.3 is 31.1 Å². The van der Waals surface area contributed by atoms with Crippen LogP contribution in [0.15, 0.2) is 28.7 Å². The number of phenols is 1. The summed E-state index contributed by atoms with van der Waals surface area (Å²) < 4.78 is 0. The van der Waals surface area contributed by atoms with Gasteiger partial charge in [0.2, 0.25) is 5.78 Å². The fourth-order valence-corrected chi connectivity index (χ4v) is 7.04. The first-order valence-corrected chi connectivity index (χ1v) is 13.5. The van der Waals surface area contributed by atoms with E-state index in [9.17, 15) is 34.8 Å². The number of hydrogen-bond donors (Lipinski definition) is 5. The quantitative estimate of drug-likeness (QED) is 0.279. The molecule has 0 unspecified atom stereocenters. The second kappa shape index (κ2) is 9.68. The van der Waals surface area contributed by atoms with Crippen LogP contribution in [0.25, 0.3) is 0 Å². The number of Topliss-reactive ketones (excluding diaryl/α,β-unsaturated/α-hetero) is 2. The number of allylic oxidation sites excluding steroid dienone is 1. The van der Waals surface area contributed by atoms with Crippen LogP contribution in [0.5, 0.6) is 5.75 Å². The standard InChI is InChI=1S/C30H35N3O7/c1-32(2)19-13-15(10-9-14-7-5-6-8-14)24(34)21-17(19)11-16-12-18-23(33(3)4)26(36)22(29(31)39)28(38)30(18,40)27(37)20(16)25(21)35/h13-14,16,18,23,34,36-37,40H,5-8,11-12H2,1-4H3,(H2,31,39)/t16-,18-,23-,30-/m0/s1. The highest BCUT2D eigenvalue weighted by molar-refractivity contribution is 6.25. The molecule has 0 heterocycles. The van der Waals surface area contributed by atoms with Gasteiger partial charge in [0.15, 0.2) is 11.4 Å². The average Bonchev–Trinajstić information content (AvgIpc) is 3.39. The van der Waals surface area contributed by atoms with Crippen LogP contribution in [0.1, 0.15) is 53.6 Å². The molecule has 5 rings (SSSR count). The van der Waals surface area contributed by atoms with E-state index >= 15 is 0 Å². The summed E-state index contributed by atoms with van der Waals surface area (Å²) >= 11 is 0. The van der Waals surface area contributed by atoms with Crippen molar-refractivity contribution in [3.05, 3.63) is 45.4 Å². The first-order valence-electron chi connectivity index (χ1n) is 13.5. The summed E-state index contributed by atoms with van der Waals surface area (Å²) in [6, 6.07) is 0.734. The largest absolute Gasteiger partial charge is 0.510 e. The molecule has 1 saturated carbocycles. The maximum atomic E-state index is 14.1. The Labute approximate surface area is 232 Å². The molecule has 4 aliphatic carbocycles. The van der Waals surface area contributed by atoms with E-state index in [1.807, 2.05) is 19.0 Å². The molecular weight excluding hydrogens is 514 g/mol. The van der Waals surface area contributed by atoms with Crippen LogP contribution >= 0.6 is 0 Å². The summed E-state index contributed by atoms with van der Waals surface area (Å²) in [6.07, 6.45) is 4.45. The number of nitrogens with two attached hydrogens (primary N) is 1. The van der Waals surface area contributed by atoms with E-state index in [1.54, 1.807) is 20.2 Å². The molecule has 0 spiro atoms. The Morgan fingerprint density at radius 1 is 1.10 bits per heavy atom. The van der Waals surface area contributed by atoms with Crippen molar-refractivity contribution in [1.82, 2.24) is 4.90 Å². The number of carbonyl (C=O) groups is 3. The minimum absolute atomic E-state index is 0.0253. The number of primary amides is 1. The predicted molar refractivity (Wildman–Crippen MR) is 147 cm³/mol. The lowest BCUT2D eigenvalue weighted by Crippen LogP contribution is -2.63. The molecular formula is C30H35N3O7. The Balaban J connectivity index is 1.70. The predicted octanol–water partition coefficient (Wildman–Crippen LogP) is 1.73. The number of rotatable bonds is 3. The number of aliphatic hydroxyl groups excluding tert-OH is 2. The molecule has 40 heavy (non-hydrogen) atoms. The zero-order valence-electron chi connectivity index (χ0n) is 23.1. The van der Waals surface area contributed by atoms with Crippen molar-refractivity contribution in [3.63, 3.8) is 0 Å². The topological polar surface area (TPSA) is 165 Å². The minimum atomic E-state index is -2.66. The number of anilines is 1. The van der Waals surface area contributed by atoms with Gasteiger partial charge in [-0.05, 0) is 57.3 Å². The smallest absolute Gasteiger partial charge is 0.255 e. The van der Waals surface area contributed by atoms with Gasteiger partial charge in [-0.2, -0.15) is 0 Å². The van der Waals surface area contributed by atoms with Gasteiger partial charge in [0.1, 0.15) is 22.8 Å². The summed E-state index contributed by atoms with van der Waals surface area (Å²) in [4.78, 5) is 43.0. The lowest BCUT2D eigenvalue weighted by molar-refractivity contribution is -0.148. The zero-order chi connectivity index (χ0) is 29.3. The number of phenolic OH excluding ortho intramolecular Hbond substituents is 1. The molecule has 0 radical (unpaired) electrons. The van der Waals surface area contributed by atoms with Crippen LogP contribution in [0.3, 0.4) is 0 Å². The lowest BCUT2D eigenvalue weighted by atomic mass is 9.58. The van der Waals surface area contributed by atoms with Crippen LogP contribution < -0.4 is 10.6 Å². The third kappa shape index (κ3) is 3.91. The number of fused-ring (bicyclic) bond motifs is 3. The molecule has 6 N–H and O–H groups in total. The molecule has 4 aliphatic rings. The fourth-order valence-electron chi connectivity index (χ4n) is 7.04. The molecule has 0 aromatic heterocycles. The van der Waals surface area contributed by atoms with E-state index in [1.165, 1.54) is 4.90 Å². The monoisotopic (exact) mass is 549 g/mol. The normalized spacial score (nSPS) is 28.2. The number of benzene rings is 1. The van der Waals surface area contributed by atoms with Crippen molar-refractivity contribution in [2.75, 3.05) is 33.1 Å². The number of likely N-dealkylation sites (N-methyl/N-ethyl adjacent to an activating group) is 1. The van der Waals surface area contributed by atoms with Crippen LogP contribution in [0.4, 0.5) is 5.69 Å². The molecule has 0 saturated heterocycles. The summed E-state index contributed by atoms with van der Waals surface area (Å²) in [7, 11) is 6.85. The molecule has 0 bridgehead atoms. The number of carbonyl (C=O) groups excluding carboxylic acids is 3. The number of aliphatic hydroxyl groups is 3. The lowest BCUT2D eigenvalue weighted by Gasteiger charge is -2.50. The van der Waals surface area contributed by atoms with Gasteiger partial charge in [-0.3, -0.25) is 19.3 Å². The van der Waals surface area contributed by atoms with Crippen molar-refractivity contribution in [2.45, 2.75) is 50.2 Å². The van der Waals surface area contributed by atoms with Crippen LogP contribution in [-0.4, -0.2) is 82.6 Å². The number of amides is 1. The molecule has 1 fully saturated rings. The van der Waals surface area contributed by atoms with Crippen molar-refractivity contribution in [2.24, 2.45) is 23.5 Å². The van der Waals surface area contributed by atoms with E-state index in [0.29, 0.717) is 16.8 Å². The zero-order valence-corrected chi connectivity index (χ0v) is 23.1. The Hall–Kier alpha value is -3.81. The van der Waals surface area contributed by atoms with Gasteiger partial charge in [-0.15, -0.1) is 0 Å². The molecule has 1 aromatic carbocycles. The second-order valence-electron chi connectivity index (χ2n) is 11.8. The molecule has 1 amide bonds. The van der Waals surface area contributed by atoms with E-state index < -0.39 is 58.0 Å². The molecule has 212 valence electrons. The average molecular weight is 550 g/mol. The highest BCUT2D eigenvalue weighted by atomic mass is 16.3. The second-order valence-corrected chi connectivity index (χ2v) is 11.8. The maximum Gasteiger partial charge on any atom is 0.255 e. The maximum absolute atomic E-state index is 14.1. The Bertz CT molecular complexity index is 1460. The highest BCUT2D eigenvalue weighted by Crippen LogP contribution is 2.53. The number of ketones is 2. The summed E-state index contributed by atoms with van der Waals surface area (Å²) in [6.45, 7) is 0. The van der Waals surface area contributed by atoms with E-state index in [4.69, 9.17) is 5.73 Å². The van der Waals surface area contributed by atoms with Crippen LogP contribution in [-0.2, 0) is 16.0 Å². The number of nitrogens with zero attached hydrogens (tertiary/aromatic N) is 2. The molecule has 10 heteroatoms. The first-order chi connectivity index (χ1) is 18.8. The molecule has 10 nitrogen and oxygen atoms in total. The van der Waals surface area contributed by atoms with Crippen LogP contribution in [0.2, 0.25) is 0 Å². The van der Waals surface area contributed by atoms with Gasteiger partial charge in [0.05, 0.1) is 17.2 Å². The van der Waals surface area contributed by atoms with Crippen LogP contribution in [0, 0.1) is 29.6 Å². The van der Waals surface area contributed by atoms with Crippen molar-refractivity contribution in [1.29, 1.82) is 0 Å². The molecule has 4 atom stereocenters. The SMILES string of the molecule is CN(C)c1cc(C#CC2CCCC2)c(O)c2c1C[C@H]1C[C@H]3[C@H](N(C)C)C(O)=C(C(N)=O)C(=O)[C@@]3(O)C(O)=C1C2=O. The fraction of sp³-hybridized carbons (Fsp3) is 0.500. The third-order valence-corrected chi connectivity index (χ3v) is 8.95. The minimum Gasteiger partial charge on any atom is -0.510 e. The van der Waals surface area contributed by atoms with Crippen molar-refractivity contribution in [3.8, 4) is 17.6 Å². The van der Waals surface area contributed by atoms with Gasteiger partial charge in [0, 0.05) is 37.2 Å². The van der Waals surface area contributed by atoms with E-state index in [-0.39, 0.29) is 35.6 Å². The summed E-state index contributed by atoms with van der Waals surface area (Å²) in [5.41, 5.74) is 3.26. The third-order valence-electron chi connectivity index (χ3n) is 8.95. The van der Waals surface area contributed by atoms with E-state index in [2.05, 4.69) is 11.8 Å².